The van der Waals surface area contributed by atoms with Gasteiger partial charge in [0, 0.05) is 17.6 Å². The number of benzene rings is 3. The molecule has 0 saturated heterocycles. The Balaban J connectivity index is 1.90. The maximum atomic E-state index is 13.0. The summed E-state index contributed by atoms with van der Waals surface area (Å²) in [5, 5.41) is 12.2. The van der Waals surface area contributed by atoms with E-state index >= 15 is 0 Å². The van der Waals surface area contributed by atoms with Crippen LogP contribution in [0.5, 0.6) is 0 Å². The number of carbonyl (C=O) groups excluding carboxylic acids is 1. The summed E-state index contributed by atoms with van der Waals surface area (Å²) in [4.78, 5) is 12.6. The predicted octanol–water partition coefficient (Wildman–Crippen LogP) is 4.29. The van der Waals surface area contributed by atoms with E-state index in [4.69, 9.17) is 16.9 Å². The lowest BCUT2D eigenvalue weighted by atomic mass is 10.1. The molecule has 0 saturated carbocycles. The topological polar surface area (TPSA) is 90.3 Å². The molecule has 3 rings (SSSR count). The van der Waals surface area contributed by atoms with Crippen LogP contribution in [0, 0.1) is 11.3 Å². The Hall–Kier alpha value is -3.34. The molecule has 3 aromatic rings. The summed E-state index contributed by atoms with van der Waals surface area (Å²) >= 11 is 5.96. The summed E-state index contributed by atoms with van der Waals surface area (Å²) in [7, 11) is -2.49. The van der Waals surface area contributed by atoms with E-state index in [1.165, 1.54) is 37.4 Å². The Bertz CT molecular complexity index is 1220. The number of hydrogen-bond acceptors (Lipinski definition) is 4. The molecule has 1 N–H and O–H groups in total. The third kappa shape index (κ3) is 4.40. The van der Waals surface area contributed by atoms with Crippen molar-refractivity contribution >= 4 is 38.9 Å². The van der Waals surface area contributed by atoms with Crippen LogP contribution in [0.2, 0.25) is 5.02 Å². The highest BCUT2D eigenvalue weighted by atomic mass is 35.5. The number of hydrogen-bond donors (Lipinski definition) is 1. The Morgan fingerprint density at radius 1 is 1.03 bits per heavy atom. The number of anilines is 2. The zero-order chi connectivity index (χ0) is 21.0. The van der Waals surface area contributed by atoms with Gasteiger partial charge in [-0.05, 0) is 48.5 Å². The lowest BCUT2D eigenvalue weighted by Gasteiger charge is -2.20. The lowest BCUT2D eigenvalue weighted by Crippen LogP contribution is -2.26. The number of nitrogens with one attached hydrogen (secondary N) is 1. The van der Waals surface area contributed by atoms with Gasteiger partial charge in [-0.2, -0.15) is 5.26 Å². The predicted molar refractivity (Wildman–Crippen MR) is 113 cm³/mol. The zero-order valence-corrected chi connectivity index (χ0v) is 16.9. The van der Waals surface area contributed by atoms with Crippen LogP contribution >= 0.6 is 11.6 Å². The van der Waals surface area contributed by atoms with Gasteiger partial charge in [0.15, 0.2) is 0 Å². The Morgan fingerprint density at radius 3 is 2.48 bits per heavy atom. The van der Waals surface area contributed by atoms with E-state index in [0.717, 1.165) is 4.31 Å². The highest BCUT2D eigenvalue weighted by Crippen LogP contribution is 2.25. The Morgan fingerprint density at radius 2 is 1.76 bits per heavy atom. The van der Waals surface area contributed by atoms with Gasteiger partial charge in [0.05, 0.1) is 21.8 Å². The minimum atomic E-state index is -3.91. The largest absolute Gasteiger partial charge is 0.321 e. The van der Waals surface area contributed by atoms with Crippen molar-refractivity contribution < 1.29 is 13.2 Å². The molecule has 6 nitrogen and oxygen atoms in total. The molecular weight excluding hydrogens is 410 g/mol. The number of nitrogens with zero attached hydrogens (tertiary/aromatic N) is 2. The number of amides is 1. The Kier molecular flexibility index (Phi) is 5.87. The van der Waals surface area contributed by atoms with Crippen molar-refractivity contribution in [3.05, 3.63) is 88.9 Å². The highest BCUT2D eigenvalue weighted by molar-refractivity contribution is 7.92. The van der Waals surface area contributed by atoms with Crippen LogP contribution in [0.3, 0.4) is 0 Å². The van der Waals surface area contributed by atoms with Crippen LogP contribution in [0.25, 0.3) is 0 Å². The van der Waals surface area contributed by atoms with Crippen molar-refractivity contribution in [3.63, 3.8) is 0 Å². The molecule has 0 aliphatic carbocycles. The van der Waals surface area contributed by atoms with Gasteiger partial charge < -0.3 is 5.32 Å². The van der Waals surface area contributed by atoms with Gasteiger partial charge >= 0.3 is 0 Å². The molecule has 0 aliphatic heterocycles. The van der Waals surface area contributed by atoms with Gasteiger partial charge in [0.2, 0.25) is 0 Å². The van der Waals surface area contributed by atoms with Crippen molar-refractivity contribution in [3.8, 4) is 6.07 Å². The maximum absolute atomic E-state index is 13.0. The SMILES string of the molecule is CN(c1cccc(Cl)c1)S(=O)(=O)c1cccc(C(=O)Nc2ccccc2C#N)c1. The van der Waals surface area contributed by atoms with E-state index in [9.17, 15) is 13.2 Å². The summed E-state index contributed by atoms with van der Waals surface area (Å²) in [5.74, 6) is -0.518. The van der Waals surface area contributed by atoms with Gasteiger partial charge in [-0.25, -0.2) is 8.42 Å². The standard InChI is InChI=1S/C21H16ClN3O3S/c1-25(18-9-5-8-17(22)13-18)29(27,28)19-10-4-7-15(12-19)21(26)24-20-11-3-2-6-16(20)14-23/h2-13H,1H3,(H,24,26). The lowest BCUT2D eigenvalue weighted by molar-refractivity contribution is 0.102. The van der Waals surface area contributed by atoms with Crippen LogP contribution < -0.4 is 9.62 Å². The van der Waals surface area contributed by atoms with Crippen molar-refractivity contribution in [2.45, 2.75) is 4.90 Å². The molecule has 146 valence electrons. The number of para-hydroxylation sites is 1. The van der Waals surface area contributed by atoms with Crippen LogP contribution in [0.4, 0.5) is 11.4 Å². The van der Waals surface area contributed by atoms with E-state index < -0.39 is 15.9 Å². The molecule has 0 aliphatic rings. The van der Waals surface area contributed by atoms with E-state index in [-0.39, 0.29) is 10.5 Å². The number of sulfonamides is 1. The van der Waals surface area contributed by atoms with Crippen LogP contribution in [0.15, 0.2) is 77.7 Å². The van der Waals surface area contributed by atoms with Crippen LogP contribution in [-0.4, -0.2) is 21.4 Å². The van der Waals surface area contributed by atoms with E-state index in [2.05, 4.69) is 5.32 Å². The van der Waals surface area contributed by atoms with Crippen molar-refractivity contribution in [2.24, 2.45) is 0 Å². The summed E-state index contributed by atoms with van der Waals surface area (Å²) in [6, 6.07) is 20.7. The average molecular weight is 426 g/mol. The Labute approximate surface area is 174 Å². The minimum Gasteiger partial charge on any atom is -0.321 e. The fourth-order valence-corrected chi connectivity index (χ4v) is 4.07. The normalized spacial score (nSPS) is 10.8. The summed E-state index contributed by atoms with van der Waals surface area (Å²) in [5.41, 5.74) is 1.21. The summed E-state index contributed by atoms with van der Waals surface area (Å²) < 4.78 is 27.1. The number of carbonyl (C=O) groups is 1. The van der Waals surface area contributed by atoms with Gasteiger partial charge in [-0.3, -0.25) is 9.10 Å². The second-order valence-electron chi connectivity index (χ2n) is 6.09. The molecule has 3 aromatic carbocycles. The highest BCUT2D eigenvalue weighted by Gasteiger charge is 2.23. The molecule has 0 unspecified atom stereocenters. The van der Waals surface area contributed by atoms with Gasteiger partial charge in [0.1, 0.15) is 6.07 Å². The fourth-order valence-electron chi connectivity index (χ4n) is 2.65. The molecule has 29 heavy (non-hydrogen) atoms. The van der Waals surface area contributed by atoms with Crippen LogP contribution in [0.1, 0.15) is 15.9 Å². The minimum absolute atomic E-state index is 0.0406. The van der Waals surface area contributed by atoms with Gasteiger partial charge in [0.25, 0.3) is 15.9 Å². The quantitative estimate of drug-likeness (QED) is 0.660. The number of halogens is 1. The van der Waals surface area contributed by atoms with Gasteiger partial charge in [-0.15, -0.1) is 0 Å². The number of rotatable bonds is 5. The first kappa shape index (κ1) is 20.4. The summed E-state index contributed by atoms with van der Waals surface area (Å²) in [6.07, 6.45) is 0. The number of nitriles is 1. The molecule has 0 aromatic heterocycles. The molecular formula is C21H16ClN3O3S. The first-order valence-corrected chi connectivity index (χ1v) is 10.3. The smallest absolute Gasteiger partial charge is 0.264 e. The van der Waals surface area contributed by atoms with Crippen molar-refractivity contribution in [1.29, 1.82) is 5.26 Å². The maximum Gasteiger partial charge on any atom is 0.264 e. The molecule has 0 radical (unpaired) electrons. The second kappa shape index (κ2) is 8.35. The molecule has 0 fully saturated rings. The van der Waals surface area contributed by atoms with Crippen molar-refractivity contribution in [2.75, 3.05) is 16.7 Å². The first-order valence-electron chi connectivity index (χ1n) is 8.48. The third-order valence-corrected chi connectivity index (χ3v) is 6.24. The molecule has 0 heterocycles. The van der Waals surface area contributed by atoms with E-state index in [1.54, 1.807) is 42.5 Å². The van der Waals surface area contributed by atoms with Gasteiger partial charge in [-0.1, -0.05) is 35.9 Å². The molecule has 0 spiro atoms. The molecule has 0 bridgehead atoms. The zero-order valence-electron chi connectivity index (χ0n) is 15.3. The molecule has 8 heteroatoms. The second-order valence-corrected chi connectivity index (χ2v) is 8.50. The third-order valence-electron chi connectivity index (χ3n) is 4.22. The van der Waals surface area contributed by atoms with Crippen molar-refractivity contribution in [1.82, 2.24) is 0 Å². The monoisotopic (exact) mass is 425 g/mol. The van der Waals surface area contributed by atoms with Crippen LogP contribution in [-0.2, 0) is 10.0 Å². The molecule has 0 atom stereocenters. The van der Waals surface area contributed by atoms with E-state index in [1.807, 2.05) is 6.07 Å². The van der Waals surface area contributed by atoms with E-state index in [0.29, 0.717) is 22.0 Å². The fraction of sp³-hybridized carbons (Fsp3) is 0.0476. The molecule has 1 amide bonds. The average Bonchev–Trinajstić information content (AvgIpc) is 2.73. The summed E-state index contributed by atoms with van der Waals surface area (Å²) in [6.45, 7) is 0. The first-order chi connectivity index (χ1) is 13.8.